The SMILES string of the molecule is CCNC1CCCC1SC1CCOC1C. The molecule has 2 rings (SSSR count). The van der Waals surface area contributed by atoms with Gasteiger partial charge in [0.1, 0.15) is 0 Å². The Morgan fingerprint density at radius 3 is 2.80 bits per heavy atom. The van der Waals surface area contributed by atoms with Crippen LogP contribution >= 0.6 is 11.8 Å². The van der Waals surface area contributed by atoms with E-state index in [9.17, 15) is 0 Å². The van der Waals surface area contributed by atoms with Crippen LogP contribution in [0.25, 0.3) is 0 Å². The molecule has 4 atom stereocenters. The van der Waals surface area contributed by atoms with Gasteiger partial charge in [0, 0.05) is 23.1 Å². The Bertz CT molecular complexity index is 200. The zero-order valence-electron chi connectivity index (χ0n) is 9.87. The van der Waals surface area contributed by atoms with Gasteiger partial charge >= 0.3 is 0 Å². The first-order valence-corrected chi connectivity index (χ1v) is 7.26. The highest BCUT2D eigenvalue weighted by Gasteiger charge is 2.33. The molecule has 0 radical (unpaired) electrons. The summed E-state index contributed by atoms with van der Waals surface area (Å²) in [5, 5.41) is 5.20. The van der Waals surface area contributed by atoms with Crippen molar-refractivity contribution in [3.8, 4) is 0 Å². The first kappa shape index (κ1) is 11.7. The van der Waals surface area contributed by atoms with Crippen LogP contribution in [0.5, 0.6) is 0 Å². The molecule has 2 fully saturated rings. The van der Waals surface area contributed by atoms with Gasteiger partial charge in [0.05, 0.1) is 6.10 Å². The van der Waals surface area contributed by atoms with Crippen LogP contribution in [0.4, 0.5) is 0 Å². The molecule has 0 aromatic carbocycles. The molecule has 0 amide bonds. The molecular weight excluding hydrogens is 206 g/mol. The standard InChI is InChI=1S/C12H23NOS/c1-3-13-10-5-4-6-12(10)15-11-7-8-14-9(11)2/h9-13H,3-8H2,1-2H3. The van der Waals surface area contributed by atoms with Gasteiger partial charge in [0.2, 0.25) is 0 Å². The summed E-state index contributed by atoms with van der Waals surface area (Å²) in [5.74, 6) is 0. The van der Waals surface area contributed by atoms with E-state index in [2.05, 4.69) is 30.9 Å². The van der Waals surface area contributed by atoms with E-state index < -0.39 is 0 Å². The lowest BCUT2D eigenvalue weighted by Gasteiger charge is -2.24. The van der Waals surface area contributed by atoms with Crippen molar-refractivity contribution in [3.05, 3.63) is 0 Å². The smallest absolute Gasteiger partial charge is 0.0666 e. The summed E-state index contributed by atoms with van der Waals surface area (Å²) < 4.78 is 5.63. The maximum Gasteiger partial charge on any atom is 0.0666 e. The third-order valence-electron chi connectivity index (χ3n) is 3.58. The minimum Gasteiger partial charge on any atom is -0.377 e. The molecule has 3 heteroatoms. The van der Waals surface area contributed by atoms with Gasteiger partial charge in [-0.25, -0.2) is 0 Å². The maximum absolute atomic E-state index is 5.63. The Labute approximate surface area is 97.5 Å². The second kappa shape index (κ2) is 5.55. The molecule has 0 aromatic rings. The van der Waals surface area contributed by atoms with E-state index in [0.717, 1.165) is 29.7 Å². The van der Waals surface area contributed by atoms with Crippen LogP contribution in [0.2, 0.25) is 0 Å². The molecule has 4 unspecified atom stereocenters. The van der Waals surface area contributed by atoms with Crippen molar-refractivity contribution in [2.75, 3.05) is 13.2 Å². The number of rotatable bonds is 4. The van der Waals surface area contributed by atoms with Crippen molar-refractivity contribution in [2.24, 2.45) is 0 Å². The van der Waals surface area contributed by atoms with Crippen molar-refractivity contribution in [3.63, 3.8) is 0 Å². The highest BCUT2D eigenvalue weighted by molar-refractivity contribution is 8.00. The molecule has 1 saturated heterocycles. The molecule has 1 N–H and O–H groups in total. The fraction of sp³-hybridized carbons (Fsp3) is 1.00. The van der Waals surface area contributed by atoms with Crippen LogP contribution in [0.15, 0.2) is 0 Å². The Balaban J connectivity index is 1.82. The van der Waals surface area contributed by atoms with Crippen LogP contribution < -0.4 is 5.32 Å². The van der Waals surface area contributed by atoms with Crippen LogP contribution in [0.3, 0.4) is 0 Å². The second-order valence-electron chi connectivity index (χ2n) is 4.67. The van der Waals surface area contributed by atoms with Crippen molar-refractivity contribution >= 4 is 11.8 Å². The Kier molecular flexibility index (Phi) is 4.35. The summed E-state index contributed by atoms with van der Waals surface area (Å²) in [7, 11) is 0. The topological polar surface area (TPSA) is 21.3 Å². The van der Waals surface area contributed by atoms with Crippen molar-refractivity contribution in [2.45, 2.75) is 62.2 Å². The van der Waals surface area contributed by atoms with E-state index in [0.29, 0.717) is 6.10 Å². The highest BCUT2D eigenvalue weighted by atomic mass is 32.2. The quantitative estimate of drug-likeness (QED) is 0.800. The number of thioether (sulfide) groups is 1. The Morgan fingerprint density at radius 1 is 1.27 bits per heavy atom. The normalized spacial score (nSPS) is 41.2. The molecule has 1 aliphatic carbocycles. The molecule has 0 aromatic heterocycles. The molecule has 1 saturated carbocycles. The molecule has 0 bridgehead atoms. The van der Waals surface area contributed by atoms with Crippen LogP contribution in [0, 0.1) is 0 Å². The third kappa shape index (κ3) is 2.89. The zero-order valence-corrected chi connectivity index (χ0v) is 10.7. The summed E-state index contributed by atoms with van der Waals surface area (Å²) in [5.41, 5.74) is 0. The molecule has 88 valence electrons. The van der Waals surface area contributed by atoms with Gasteiger partial charge in [0.25, 0.3) is 0 Å². The minimum atomic E-state index is 0.470. The number of nitrogens with one attached hydrogen (secondary N) is 1. The summed E-state index contributed by atoms with van der Waals surface area (Å²) in [6, 6.07) is 0.757. The van der Waals surface area contributed by atoms with Gasteiger partial charge in [-0.05, 0) is 32.7 Å². The lowest BCUT2D eigenvalue weighted by atomic mass is 10.2. The predicted molar refractivity (Wildman–Crippen MR) is 66.5 cm³/mol. The van der Waals surface area contributed by atoms with Crippen LogP contribution in [-0.2, 0) is 4.74 Å². The number of hydrogen-bond acceptors (Lipinski definition) is 3. The van der Waals surface area contributed by atoms with Crippen LogP contribution in [0.1, 0.15) is 39.5 Å². The molecular formula is C12H23NOS. The average Bonchev–Trinajstić information content (AvgIpc) is 2.80. The maximum atomic E-state index is 5.63. The van der Waals surface area contributed by atoms with E-state index in [1.54, 1.807) is 0 Å². The van der Waals surface area contributed by atoms with E-state index in [1.807, 2.05) is 0 Å². The molecule has 2 nitrogen and oxygen atoms in total. The third-order valence-corrected chi connectivity index (χ3v) is 5.46. The van der Waals surface area contributed by atoms with Gasteiger partial charge in [-0.15, -0.1) is 0 Å². The summed E-state index contributed by atoms with van der Waals surface area (Å²) >= 11 is 2.18. The monoisotopic (exact) mass is 229 g/mol. The highest BCUT2D eigenvalue weighted by Crippen LogP contribution is 2.37. The fourth-order valence-corrected chi connectivity index (χ4v) is 4.41. The zero-order chi connectivity index (χ0) is 10.7. The lowest BCUT2D eigenvalue weighted by Crippen LogP contribution is -2.35. The van der Waals surface area contributed by atoms with E-state index in [-0.39, 0.29) is 0 Å². The Hall–Kier alpha value is 0.270. The first-order chi connectivity index (χ1) is 7.31. The van der Waals surface area contributed by atoms with E-state index in [4.69, 9.17) is 4.74 Å². The molecule has 1 heterocycles. The van der Waals surface area contributed by atoms with Crippen molar-refractivity contribution in [1.29, 1.82) is 0 Å². The number of hydrogen-bond donors (Lipinski definition) is 1. The summed E-state index contributed by atoms with van der Waals surface area (Å²) in [6.45, 7) is 6.51. The molecule has 0 spiro atoms. The number of ether oxygens (including phenoxy) is 1. The van der Waals surface area contributed by atoms with Gasteiger partial charge < -0.3 is 10.1 Å². The van der Waals surface area contributed by atoms with Gasteiger partial charge in [0.15, 0.2) is 0 Å². The average molecular weight is 229 g/mol. The second-order valence-corrected chi connectivity index (χ2v) is 6.16. The van der Waals surface area contributed by atoms with Crippen molar-refractivity contribution in [1.82, 2.24) is 5.32 Å². The first-order valence-electron chi connectivity index (χ1n) is 6.31. The fourth-order valence-electron chi connectivity index (χ4n) is 2.70. The van der Waals surface area contributed by atoms with Crippen LogP contribution in [-0.4, -0.2) is 35.8 Å². The molecule has 15 heavy (non-hydrogen) atoms. The summed E-state index contributed by atoms with van der Waals surface area (Å²) in [4.78, 5) is 0. The van der Waals surface area contributed by atoms with Gasteiger partial charge in [-0.1, -0.05) is 13.3 Å². The van der Waals surface area contributed by atoms with E-state index >= 15 is 0 Å². The minimum absolute atomic E-state index is 0.470. The Morgan fingerprint density at radius 2 is 2.13 bits per heavy atom. The molecule has 2 aliphatic rings. The predicted octanol–water partition coefficient (Wildman–Crippen LogP) is 2.43. The van der Waals surface area contributed by atoms with Crippen molar-refractivity contribution < 1.29 is 4.74 Å². The van der Waals surface area contributed by atoms with Gasteiger partial charge in [-0.3, -0.25) is 0 Å². The summed E-state index contributed by atoms with van der Waals surface area (Å²) in [6.07, 6.45) is 5.88. The molecule has 1 aliphatic heterocycles. The van der Waals surface area contributed by atoms with E-state index in [1.165, 1.54) is 25.7 Å². The van der Waals surface area contributed by atoms with Gasteiger partial charge in [-0.2, -0.15) is 11.8 Å². The largest absolute Gasteiger partial charge is 0.377 e. The lowest BCUT2D eigenvalue weighted by molar-refractivity contribution is 0.127.